The van der Waals surface area contributed by atoms with E-state index in [1.54, 1.807) is 0 Å². The first-order valence-corrected chi connectivity index (χ1v) is 9.77. The minimum absolute atomic E-state index is 0.389. The Hall–Kier alpha value is -2.75. The molecular formula is C23H23BN2O. The van der Waals surface area contributed by atoms with Crippen molar-refractivity contribution in [1.29, 1.82) is 0 Å². The maximum Gasteiger partial charge on any atom is 0.227 e. The van der Waals surface area contributed by atoms with Crippen molar-refractivity contribution in [3.63, 3.8) is 0 Å². The van der Waals surface area contributed by atoms with Crippen molar-refractivity contribution in [2.45, 2.75) is 40.0 Å². The zero-order chi connectivity index (χ0) is 18.7. The van der Waals surface area contributed by atoms with Gasteiger partial charge >= 0.3 is 0 Å². The predicted octanol–water partition coefficient (Wildman–Crippen LogP) is 5.40. The summed E-state index contributed by atoms with van der Waals surface area (Å²) in [7, 11) is 0. The van der Waals surface area contributed by atoms with E-state index in [2.05, 4.69) is 79.2 Å². The van der Waals surface area contributed by atoms with Crippen LogP contribution in [0.25, 0.3) is 22.1 Å². The van der Waals surface area contributed by atoms with E-state index >= 15 is 0 Å². The van der Waals surface area contributed by atoms with Crippen LogP contribution in [0.5, 0.6) is 0 Å². The molecule has 5 rings (SSSR count). The highest BCUT2D eigenvalue weighted by Crippen LogP contribution is 2.43. The summed E-state index contributed by atoms with van der Waals surface area (Å²) in [6, 6.07) is 17.4. The van der Waals surface area contributed by atoms with E-state index in [0.29, 0.717) is 12.7 Å². The Labute approximate surface area is 160 Å². The van der Waals surface area contributed by atoms with Gasteiger partial charge in [0, 0.05) is 28.1 Å². The van der Waals surface area contributed by atoms with Gasteiger partial charge in [-0.15, -0.1) is 0 Å². The Morgan fingerprint density at radius 2 is 1.81 bits per heavy atom. The topological polar surface area (TPSA) is 29.3 Å². The largest absolute Gasteiger partial charge is 0.435 e. The van der Waals surface area contributed by atoms with Gasteiger partial charge in [0.2, 0.25) is 12.4 Å². The molecule has 0 saturated heterocycles. The smallest absolute Gasteiger partial charge is 0.227 e. The lowest BCUT2D eigenvalue weighted by Gasteiger charge is -2.28. The highest BCUT2D eigenvalue weighted by molar-refractivity contribution is 6.78. The van der Waals surface area contributed by atoms with Crippen LogP contribution in [-0.4, -0.2) is 17.6 Å². The third kappa shape index (κ3) is 2.26. The SMILES string of the molecule is CCB1c2ccccc2N(c2c(C)ccc3c2oc2nc(C)ccc23)[C@H]1C. The Morgan fingerprint density at radius 1 is 1.04 bits per heavy atom. The van der Waals surface area contributed by atoms with Crippen LogP contribution >= 0.6 is 0 Å². The first kappa shape index (κ1) is 16.4. The van der Waals surface area contributed by atoms with E-state index in [1.165, 1.54) is 22.4 Å². The number of fused-ring (bicyclic) bond motifs is 4. The number of para-hydroxylation sites is 1. The standard InChI is InChI=1S/C23H23BN2O/c1-5-24-16(4)26(20-9-7-6-8-19(20)24)21-14(2)10-12-17-18-13-11-15(3)25-23(18)27-22(17)21/h6-13,16H,5H2,1-4H3/t16-/m0/s1. The summed E-state index contributed by atoms with van der Waals surface area (Å²) in [5.41, 5.74) is 7.80. The van der Waals surface area contributed by atoms with Gasteiger partial charge in [0.1, 0.15) is 0 Å². The third-order valence-electron chi connectivity index (χ3n) is 6.09. The Morgan fingerprint density at radius 3 is 2.63 bits per heavy atom. The van der Waals surface area contributed by atoms with Crippen molar-refractivity contribution in [3.8, 4) is 0 Å². The zero-order valence-corrected chi connectivity index (χ0v) is 16.3. The molecule has 4 aromatic rings. The molecule has 0 bridgehead atoms. The summed E-state index contributed by atoms with van der Waals surface area (Å²) in [6.45, 7) is 9.32. The zero-order valence-electron chi connectivity index (χ0n) is 16.3. The first-order valence-electron chi connectivity index (χ1n) is 9.77. The minimum atomic E-state index is 0.389. The molecule has 0 fully saturated rings. The third-order valence-corrected chi connectivity index (χ3v) is 6.09. The van der Waals surface area contributed by atoms with Gasteiger partial charge in [-0.3, -0.25) is 0 Å². The van der Waals surface area contributed by atoms with Gasteiger partial charge < -0.3 is 9.32 Å². The Bertz CT molecular complexity index is 1180. The number of anilines is 2. The summed E-state index contributed by atoms with van der Waals surface area (Å²) in [5.74, 6) is 0.389. The highest BCUT2D eigenvalue weighted by atomic mass is 16.3. The number of benzene rings is 2. The predicted molar refractivity (Wildman–Crippen MR) is 115 cm³/mol. The Kier molecular flexibility index (Phi) is 3.58. The Balaban J connectivity index is 1.82. The van der Waals surface area contributed by atoms with Crippen LogP contribution in [0, 0.1) is 13.8 Å². The highest BCUT2D eigenvalue weighted by Gasteiger charge is 2.39. The number of hydrogen-bond donors (Lipinski definition) is 0. The molecule has 0 radical (unpaired) electrons. The number of aryl methyl sites for hydroxylation is 2. The second-order valence-electron chi connectivity index (χ2n) is 7.70. The number of rotatable bonds is 2. The van der Waals surface area contributed by atoms with E-state index in [0.717, 1.165) is 34.1 Å². The van der Waals surface area contributed by atoms with E-state index in [-0.39, 0.29) is 0 Å². The average Bonchev–Trinajstić information content (AvgIpc) is 3.16. The average molecular weight is 354 g/mol. The molecule has 1 aliphatic rings. The minimum Gasteiger partial charge on any atom is -0.435 e. The van der Waals surface area contributed by atoms with Crippen molar-refractivity contribution in [2.75, 3.05) is 4.90 Å². The first-order chi connectivity index (χ1) is 13.1. The van der Waals surface area contributed by atoms with Gasteiger partial charge in [-0.05, 0) is 37.6 Å². The summed E-state index contributed by atoms with van der Waals surface area (Å²) in [5, 5.41) is 2.23. The van der Waals surface area contributed by atoms with Gasteiger partial charge in [0.15, 0.2) is 5.58 Å². The van der Waals surface area contributed by atoms with E-state index in [9.17, 15) is 0 Å². The van der Waals surface area contributed by atoms with Crippen molar-refractivity contribution in [3.05, 3.63) is 59.8 Å². The van der Waals surface area contributed by atoms with Crippen molar-refractivity contribution in [2.24, 2.45) is 0 Å². The quantitative estimate of drug-likeness (QED) is 0.452. The molecule has 1 aliphatic heterocycles. The van der Waals surface area contributed by atoms with Crippen LogP contribution in [0.2, 0.25) is 6.32 Å². The van der Waals surface area contributed by atoms with Crippen LogP contribution in [0.3, 0.4) is 0 Å². The number of nitrogens with zero attached hydrogens (tertiary/aromatic N) is 2. The van der Waals surface area contributed by atoms with Crippen LogP contribution in [-0.2, 0) is 0 Å². The molecule has 0 amide bonds. The molecule has 3 heterocycles. The number of furan rings is 1. The molecule has 1 atom stereocenters. The maximum absolute atomic E-state index is 6.34. The van der Waals surface area contributed by atoms with E-state index in [1.807, 2.05) is 6.92 Å². The van der Waals surface area contributed by atoms with Gasteiger partial charge in [-0.2, -0.15) is 0 Å². The lowest BCUT2D eigenvalue weighted by Crippen LogP contribution is -2.39. The summed E-state index contributed by atoms with van der Waals surface area (Å²) >= 11 is 0. The molecule has 2 aromatic heterocycles. The fraction of sp³-hybridized carbons (Fsp3) is 0.261. The normalized spacial score (nSPS) is 16.5. The molecule has 27 heavy (non-hydrogen) atoms. The molecule has 0 N–H and O–H groups in total. The van der Waals surface area contributed by atoms with Crippen LogP contribution in [0.1, 0.15) is 25.1 Å². The molecule has 0 unspecified atom stereocenters. The monoisotopic (exact) mass is 354 g/mol. The number of hydrogen-bond acceptors (Lipinski definition) is 3. The lowest BCUT2D eigenvalue weighted by molar-refractivity contribution is 0.651. The van der Waals surface area contributed by atoms with Gasteiger partial charge in [-0.1, -0.05) is 56.0 Å². The molecule has 134 valence electrons. The molecular weight excluding hydrogens is 331 g/mol. The fourth-order valence-corrected chi connectivity index (χ4v) is 4.76. The fourth-order valence-electron chi connectivity index (χ4n) is 4.76. The number of aromatic nitrogens is 1. The summed E-state index contributed by atoms with van der Waals surface area (Å²) in [4.78, 5) is 7.10. The molecule has 0 spiro atoms. The van der Waals surface area contributed by atoms with Crippen molar-refractivity contribution >= 4 is 45.6 Å². The van der Waals surface area contributed by atoms with Crippen LogP contribution in [0.15, 0.2) is 52.9 Å². The second kappa shape index (κ2) is 5.88. The van der Waals surface area contributed by atoms with Gasteiger partial charge in [0.05, 0.1) is 5.69 Å². The maximum atomic E-state index is 6.34. The van der Waals surface area contributed by atoms with Crippen molar-refractivity contribution < 1.29 is 4.42 Å². The van der Waals surface area contributed by atoms with Gasteiger partial charge in [-0.25, -0.2) is 4.98 Å². The van der Waals surface area contributed by atoms with Gasteiger partial charge in [0.25, 0.3) is 0 Å². The number of pyridine rings is 1. The summed E-state index contributed by atoms with van der Waals surface area (Å²) in [6.07, 6.45) is 1.13. The lowest BCUT2D eigenvalue weighted by atomic mass is 9.40. The van der Waals surface area contributed by atoms with E-state index < -0.39 is 0 Å². The van der Waals surface area contributed by atoms with Crippen molar-refractivity contribution in [1.82, 2.24) is 4.98 Å². The molecule has 4 heteroatoms. The van der Waals surface area contributed by atoms with Crippen LogP contribution < -0.4 is 10.4 Å². The molecule has 2 aromatic carbocycles. The molecule has 0 saturated carbocycles. The van der Waals surface area contributed by atoms with Crippen LogP contribution in [0.4, 0.5) is 11.4 Å². The van der Waals surface area contributed by atoms with E-state index in [4.69, 9.17) is 4.42 Å². The summed E-state index contributed by atoms with van der Waals surface area (Å²) < 4.78 is 6.34. The molecule has 0 aliphatic carbocycles. The second-order valence-corrected chi connectivity index (χ2v) is 7.70. The molecule has 3 nitrogen and oxygen atoms in total.